The minimum absolute atomic E-state index is 0.0630. The number of hydrogen-bond acceptors (Lipinski definition) is 3. The summed E-state index contributed by atoms with van der Waals surface area (Å²) in [5, 5.41) is 13.4. The van der Waals surface area contributed by atoms with Crippen molar-refractivity contribution in [3.05, 3.63) is 17.7 Å². The van der Waals surface area contributed by atoms with Crippen molar-refractivity contribution in [2.24, 2.45) is 0 Å². The minimum Gasteiger partial charge on any atom is -0.394 e. The van der Waals surface area contributed by atoms with E-state index in [9.17, 15) is 5.11 Å². The Balaban J connectivity index is 1.74. The molecule has 2 N–H and O–H groups in total. The van der Waals surface area contributed by atoms with Gasteiger partial charge in [0.25, 0.3) is 0 Å². The quantitative estimate of drug-likeness (QED) is 0.867. The Morgan fingerprint density at radius 2 is 2.30 bits per heavy atom. The monoisotopic (exact) mass is 277 g/mol. The third kappa shape index (κ3) is 2.51. The molecule has 4 nitrogen and oxygen atoms in total. The second kappa shape index (κ2) is 5.86. The van der Waals surface area contributed by atoms with E-state index >= 15 is 0 Å². The van der Waals surface area contributed by atoms with Gasteiger partial charge in [0, 0.05) is 17.3 Å². The van der Waals surface area contributed by atoms with Gasteiger partial charge in [-0.1, -0.05) is 6.92 Å². The third-order valence-corrected chi connectivity index (χ3v) is 5.09. The second-order valence-corrected chi connectivity index (χ2v) is 6.51. The number of rotatable bonds is 5. The number of fused-ring (bicyclic) bond motifs is 1. The average Bonchev–Trinajstić information content (AvgIpc) is 3.09. The van der Waals surface area contributed by atoms with E-state index in [0.29, 0.717) is 6.04 Å². The van der Waals surface area contributed by atoms with E-state index in [0.717, 1.165) is 38.6 Å². The highest BCUT2D eigenvalue weighted by Crippen LogP contribution is 2.39. The Hall–Kier alpha value is -0.870. The molecule has 1 heterocycles. The predicted molar refractivity (Wildman–Crippen MR) is 79.9 cm³/mol. The first-order valence-electron chi connectivity index (χ1n) is 8.18. The molecular weight excluding hydrogens is 250 g/mol. The minimum atomic E-state index is -0.0630. The van der Waals surface area contributed by atoms with Gasteiger partial charge in [-0.15, -0.1) is 0 Å². The van der Waals surface area contributed by atoms with Crippen molar-refractivity contribution in [3.63, 3.8) is 0 Å². The van der Waals surface area contributed by atoms with Gasteiger partial charge in [0.1, 0.15) is 0 Å². The molecule has 0 aliphatic heterocycles. The lowest BCUT2D eigenvalue weighted by Gasteiger charge is -2.29. The topological polar surface area (TPSA) is 50.1 Å². The predicted octanol–water partition coefficient (Wildman–Crippen LogP) is 2.22. The van der Waals surface area contributed by atoms with Crippen LogP contribution in [-0.2, 0) is 12.8 Å². The van der Waals surface area contributed by atoms with Gasteiger partial charge in [0.2, 0.25) is 0 Å². The van der Waals surface area contributed by atoms with Crippen LogP contribution in [0.25, 0.3) is 0 Å². The van der Waals surface area contributed by atoms with E-state index in [-0.39, 0.29) is 12.1 Å². The van der Waals surface area contributed by atoms with Crippen LogP contribution in [0.2, 0.25) is 0 Å². The molecule has 2 aliphatic carbocycles. The van der Waals surface area contributed by atoms with Gasteiger partial charge in [-0.05, 0) is 57.9 Å². The lowest BCUT2D eigenvalue weighted by atomic mass is 9.97. The van der Waals surface area contributed by atoms with Gasteiger partial charge < -0.3 is 15.0 Å². The molecule has 0 amide bonds. The van der Waals surface area contributed by atoms with Crippen LogP contribution >= 0.6 is 0 Å². The molecule has 112 valence electrons. The summed E-state index contributed by atoms with van der Waals surface area (Å²) in [6, 6.07) is 0.515. The number of nitrogens with zero attached hydrogens (tertiary/aromatic N) is 2. The average molecular weight is 277 g/mol. The standard InChI is InChI=1S/C16H27N3O/c1-2-9-18-16(11-20)8-7-13(10-16)19-12-17-14-5-3-4-6-15(14)19/h12-13,18,20H,2-11H2,1H3. The van der Waals surface area contributed by atoms with Crippen molar-refractivity contribution in [2.45, 2.75) is 69.9 Å². The summed E-state index contributed by atoms with van der Waals surface area (Å²) in [6.45, 7) is 3.42. The summed E-state index contributed by atoms with van der Waals surface area (Å²) in [4.78, 5) is 4.62. The van der Waals surface area contributed by atoms with Crippen LogP contribution in [0.1, 0.15) is 62.9 Å². The number of hydrogen-bond donors (Lipinski definition) is 2. The van der Waals surface area contributed by atoms with E-state index in [4.69, 9.17) is 0 Å². The fraction of sp³-hybridized carbons (Fsp3) is 0.812. The molecule has 0 bridgehead atoms. The summed E-state index contributed by atoms with van der Waals surface area (Å²) >= 11 is 0. The zero-order valence-corrected chi connectivity index (χ0v) is 12.6. The summed E-state index contributed by atoms with van der Waals surface area (Å²) in [7, 11) is 0. The second-order valence-electron chi connectivity index (χ2n) is 6.51. The molecule has 20 heavy (non-hydrogen) atoms. The van der Waals surface area contributed by atoms with Crippen LogP contribution < -0.4 is 5.32 Å². The fourth-order valence-corrected chi connectivity index (χ4v) is 3.89. The summed E-state index contributed by atoms with van der Waals surface area (Å²) in [5.74, 6) is 0. The Bertz CT molecular complexity index is 457. The largest absolute Gasteiger partial charge is 0.394 e. The van der Waals surface area contributed by atoms with E-state index < -0.39 is 0 Å². The highest BCUT2D eigenvalue weighted by Gasteiger charge is 2.39. The Labute approximate surface area is 121 Å². The maximum atomic E-state index is 9.81. The lowest BCUT2D eigenvalue weighted by molar-refractivity contribution is 0.160. The van der Waals surface area contributed by atoms with Crippen LogP contribution in [0.3, 0.4) is 0 Å². The van der Waals surface area contributed by atoms with Gasteiger partial charge in [0.05, 0.1) is 18.6 Å². The first-order chi connectivity index (χ1) is 9.78. The highest BCUT2D eigenvalue weighted by atomic mass is 16.3. The van der Waals surface area contributed by atoms with E-state index in [1.807, 2.05) is 6.33 Å². The molecular formula is C16H27N3O. The molecule has 1 aromatic rings. The molecule has 0 aromatic carbocycles. The van der Waals surface area contributed by atoms with Crippen LogP contribution in [0.4, 0.5) is 0 Å². The molecule has 0 radical (unpaired) electrons. The molecule has 1 aromatic heterocycles. The van der Waals surface area contributed by atoms with E-state index in [1.165, 1.54) is 30.7 Å². The number of aryl methyl sites for hydroxylation is 1. The molecule has 2 unspecified atom stereocenters. The molecule has 2 aliphatic rings. The first-order valence-corrected chi connectivity index (χ1v) is 8.18. The highest BCUT2D eigenvalue weighted by molar-refractivity contribution is 5.18. The molecule has 2 atom stereocenters. The zero-order valence-electron chi connectivity index (χ0n) is 12.6. The smallest absolute Gasteiger partial charge is 0.0954 e. The number of aromatic nitrogens is 2. The maximum absolute atomic E-state index is 9.81. The van der Waals surface area contributed by atoms with Gasteiger partial charge in [-0.3, -0.25) is 0 Å². The van der Waals surface area contributed by atoms with Gasteiger partial charge >= 0.3 is 0 Å². The SMILES string of the molecule is CCCNC1(CO)CCC(n2cnc3c2CCCC3)C1. The van der Waals surface area contributed by atoms with Crippen molar-refractivity contribution in [1.29, 1.82) is 0 Å². The van der Waals surface area contributed by atoms with Crippen molar-refractivity contribution in [2.75, 3.05) is 13.2 Å². The van der Waals surface area contributed by atoms with Crippen LogP contribution in [0.15, 0.2) is 6.33 Å². The van der Waals surface area contributed by atoms with E-state index in [1.54, 1.807) is 0 Å². The Morgan fingerprint density at radius 1 is 1.45 bits per heavy atom. The fourth-order valence-electron chi connectivity index (χ4n) is 3.89. The van der Waals surface area contributed by atoms with Crippen molar-refractivity contribution < 1.29 is 5.11 Å². The normalized spacial score (nSPS) is 29.6. The molecule has 1 saturated carbocycles. The van der Waals surface area contributed by atoms with Gasteiger partial charge in [0.15, 0.2) is 0 Å². The zero-order chi connectivity index (χ0) is 14.0. The third-order valence-electron chi connectivity index (χ3n) is 5.09. The summed E-state index contributed by atoms with van der Waals surface area (Å²) < 4.78 is 2.42. The van der Waals surface area contributed by atoms with Crippen molar-refractivity contribution in [3.8, 4) is 0 Å². The number of aliphatic hydroxyl groups excluding tert-OH is 1. The molecule has 1 fully saturated rings. The van der Waals surface area contributed by atoms with Crippen molar-refractivity contribution >= 4 is 0 Å². The van der Waals surface area contributed by atoms with Crippen LogP contribution in [-0.4, -0.2) is 33.3 Å². The molecule has 0 spiro atoms. The molecule has 3 rings (SSSR count). The summed E-state index contributed by atoms with van der Waals surface area (Å²) in [5.41, 5.74) is 2.72. The number of nitrogens with one attached hydrogen (secondary N) is 1. The van der Waals surface area contributed by atoms with Gasteiger partial charge in [-0.25, -0.2) is 4.98 Å². The number of aliphatic hydroxyl groups is 1. The van der Waals surface area contributed by atoms with Crippen LogP contribution in [0, 0.1) is 0 Å². The Kier molecular flexibility index (Phi) is 4.13. The molecule has 4 heteroatoms. The van der Waals surface area contributed by atoms with Gasteiger partial charge in [-0.2, -0.15) is 0 Å². The lowest BCUT2D eigenvalue weighted by Crippen LogP contribution is -2.46. The van der Waals surface area contributed by atoms with E-state index in [2.05, 4.69) is 21.8 Å². The maximum Gasteiger partial charge on any atom is 0.0954 e. The Morgan fingerprint density at radius 3 is 3.10 bits per heavy atom. The van der Waals surface area contributed by atoms with Crippen LogP contribution in [0.5, 0.6) is 0 Å². The first kappa shape index (κ1) is 14.1. The number of imidazole rings is 1. The van der Waals surface area contributed by atoms with Crippen molar-refractivity contribution in [1.82, 2.24) is 14.9 Å². The molecule has 0 saturated heterocycles. The summed E-state index contributed by atoms with van der Waals surface area (Å²) in [6.07, 6.45) is 11.3.